The molecule has 1 unspecified atom stereocenters. The summed E-state index contributed by atoms with van der Waals surface area (Å²) in [7, 11) is 0. The van der Waals surface area contributed by atoms with Gasteiger partial charge in [0, 0.05) is 5.02 Å². The topological polar surface area (TPSA) is 24.8 Å². The van der Waals surface area contributed by atoms with Gasteiger partial charge in [-0.25, -0.2) is 4.84 Å². The Morgan fingerprint density at radius 1 is 1.40 bits per heavy atom. The summed E-state index contributed by atoms with van der Waals surface area (Å²) in [6.45, 7) is 2.13. The van der Waals surface area contributed by atoms with Crippen LogP contribution in [0.3, 0.4) is 0 Å². The molecule has 1 aliphatic rings. The number of nitrogens with zero attached hydrogens (tertiary/aromatic N) is 2. The van der Waals surface area contributed by atoms with E-state index in [0.717, 1.165) is 18.5 Å². The zero-order valence-corrected chi connectivity index (χ0v) is 9.31. The summed E-state index contributed by atoms with van der Waals surface area (Å²) in [5, 5.41) is 6.43. The maximum absolute atomic E-state index is 5.80. The summed E-state index contributed by atoms with van der Waals surface area (Å²) in [5.41, 5.74) is 0.897. The first kappa shape index (κ1) is 10.5. The Bertz CT molecular complexity index is 350. The quantitative estimate of drug-likeness (QED) is 0.788. The second-order valence-corrected chi connectivity index (χ2v) is 3.88. The van der Waals surface area contributed by atoms with Gasteiger partial charge in [0.2, 0.25) is 0 Å². The second kappa shape index (κ2) is 4.64. The Labute approximate surface area is 94.2 Å². The van der Waals surface area contributed by atoms with Crippen molar-refractivity contribution in [3.63, 3.8) is 0 Å². The van der Waals surface area contributed by atoms with Gasteiger partial charge in [-0.1, -0.05) is 24.9 Å². The van der Waals surface area contributed by atoms with Gasteiger partial charge in [0.25, 0.3) is 0 Å². The number of hydrazone groups is 1. The largest absolute Gasteiger partial charge is 0.243 e. The van der Waals surface area contributed by atoms with Crippen LogP contribution in [0.4, 0.5) is 5.69 Å². The Morgan fingerprint density at radius 3 is 2.80 bits per heavy atom. The lowest BCUT2D eigenvalue weighted by Crippen LogP contribution is -2.17. The van der Waals surface area contributed by atoms with Gasteiger partial charge in [-0.15, -0.1) is 5.17 Å². The first-order chi connectivity index (χ1) is 7.29. The molecule has 1 heterocycles. The average Bonchev–Trinajstić information content (AvgIpc) is 2.68. The highest BCUT2D eigenvalue weighted by Gasteiger charge is 2.18. The number of halogens is 1. The normalized spacial score (nSPS) is 19.9. The Morgan fingerprint density at radius 2 is 2.13 bits per heavy atom. The minimum atomic E-state index is 0.102. The van der Waals surface area contributed by atoms with Crippen LogP contribution in [0.2, 0.25) is 5.02 Å². The van der Waals surface area contributed by atoms with Crippen LogP contribution in [-0.2, 0) is 4.84 Å². The molecule has 15 heavy (non-hydrogen) atoms. The molecule has 1 aromatic carbocycles. The fraction of sp³-hybridized carbons (Fsp3) is 0.364. The van der Waals surface area contributed by atoms with Crippen molar-refractivity contribution in [2.45, 2.75) is 25.9 Å². The van der Waals surface area contributed by atoms with Crippen LogP contribution in [0.15, 0.2) is 29.4 Å². The standard InChI is InChI=1S/C11H13ClN2O/c1-2-3-11-8-13-14(15-11)10-6-4-9(12)5-7-10/h4-8,11H,2-3H2,1H3. The lowest BCUT2D eigenvalue weighted by Gasteiger charge is -2.15. The molecule has 3 nitrogen and oxygen atoms in total. The molecule has 0 radical (unpaired) electrons. The monoisotopic (exact) mass is 224 g/mol. The summed E-state index contributed by atoms with van der Waals surface area (Å²) in [4.78, 5) is 5.60. The Kier molecular flexibility index (Phi) is 3.23. The molecule has 0 N–H and O–H groups in total. The highest BCUT2D eigenvalue weighted by atomic mass is 35.5. The van der Waals surface area contributed by atoms with Crippen molar-refractivity contribution in [2.75, 3.05) is 5.17 Å². The second-order valence-electron chi connectivity index (χ2n) is 3.45. The molecule has 0 aromatic heterocycles. The van der Waals surface area contributed by atoms with Crippen molar-refractivity contribution in [2.24, 2.45) is 5.10 Å². The zero-order chi connectivity index (χ0) is 10.7. The molecule has 0 amide bonds. The molecule has 1 aliphatic heterocycles. The van der Waals surface area contributed by atoms with Crippen LogP contribution in [0.25, 0.3) is 0 Å². The zero-order valence-electron chi connectivity index (χ0n) is 8.56. The molecule has 1 aromatic rings. The Balaban J connectivity index is 2.02. The fourth-order valence-corrected chi connectivity index (χ4v) is 1.55. The summed E-state index contributed by atoms with van der Waals surface area (Å²) < 4.78 is 0. The van der Waals surface area contributed by atoms with Gasteiger partial charge in [-0.05, 0) is 30.7 Å². The number of rotatable bonds is 3. The maximum Gasteiger partial charge on any atom is 0.125 e. The minimum absolute atomic E-state index is 0.102. The van der Waals surface area contributed by atoms with Crippen molar-refractivity contribution >= 4 is 23.5 Å². The van der Waals surface area contributed by atoms with Gasteiger partial charge in [0.15, 0.2) is 0 Å². The van der Waals surface area contributed by atoms with Crippen LogP contribution >= 0.6 is 11.6 Å². The van der Waals surface area contributed by atoms with E-state index in [1.165, 1.54) is 5.17 Å². The van der Waals surface area contributed by atoms with Crippen LogP contribution in [0.5, 0.6) is 0 Å². The molecule has 80 valence electrons. The molecule has 0 saturated heterocycles. The molecule has 0 fully saturated rings. The third-order valence-electron chi connectivity index (χ3n) is 2.19. The summed E-state index contributed by atoms with van der Waals surface area (Å²) in [6.07, 6.45) is 4.02. The molecular formula is C11H13ClN2O. The van der Waals surface area contributed by atoms with Gasteiger partial charge in [-0.2, -0.15) is 5.10 Å². The maximum atomic E-state index is 5.80. The molecule has 0 bridgehead atoms. The van der Waals surface area contributed by atoms with Crippen molar-refractivity contribution in [1.29, 1.82) is 0 Å². The van der Waals surface area contributed by atoms with Crippen LogP contribution < -0.4 is 5.17 Å². The van der Waals surface area contributed by atoms with Crippen molar-refractivity contribution in [3.8, 4) is 0 Å². The van der Waals surface area contributed by atoms with Crippen LogP contribution in [0, 0.1) is 0 Å². The van der Waals surface area contributed by atoms with E-state index < -0.39 is 0 Å². The number of anilines is 1. The molecule has 0 aliphatic carbocycles. The first-order valence-electron chi connectivity index (χ1n) is 5.06. The van der Waals surface area contributed by atoms with E-state index in [0.29, 0.717) is 5.02 Å². The molecule has 1 atom stereocenters. The summed E-state index contributed by atoms with van der Waals surface area (Å²) in [5.74, 6) is 0. The van der Waals surface area contributed by atoms with E-state index in [4.69, 9.17) is 16.4 Å². The Hall–Kier alpha value is -1.06. The van der Waals surface area contributed by atoms with Gasteiger partial charge in [-0.3, -0.25) is 0 Å². The SMILES string of the molecule is CCCC1C=NN(c2ccc(Cl)cc2)O1. The molecule has 0 spiro atoms. The summed E-state index contributed by atoms with van der Waals surface area (Å²) in [6, 6.07) is 7.41. The van der Waals surface area contributed by atoms with Gasteiger partial charge >= 0.3 is 0 Å². The highest BCUT2D eigenvalue weighted by molar-refractivity contribution is 6.30. The highest BCUT2D eigenvalue weighted by Crippen LogP contribution is 2.22. The number of benzene rings is 1. The third kappa shape index (κ3) is 2.49. The number of hydrogen-bond acceptors (Lipinski definition) is 3. The van der Waals surface area contributed by atoms with Crippen molar-refractivity contribution in [3.05, 3.63) is 29.3 Å². The summed E-state index contributed by atoms with van der Waals surface area (Å²) >= 11 is 5.80. The fourth-order valence-electron chi connectivity index (χ4n) is 1.43. The lowest BCUT2D eigenvalue weighted by atomic mass is 10.2. The van der Waals surface area contributed by atoms with E-state index in [1.807, 2.05) is 30.5 Å². The molecule has 0 saturated carbocycles. The molecule has 4 heteroatoms. The third-order valence-corrected chi connectivity index (χ3v) is 2.45. The van der Waals surface area contributed by atoms with Gasteiger partial charge < -0.3 is 0 Å². The van der Waals surface area contributed by atoms with E-state index in [2.05, 4.69) is 12.0 Å². The van der Waals surface area contributed by atoms with Crippen molar-refractivity contribution in [1.82, 2.24) is 0 Å². The average molecular weight is 225 g/mol. The minimum Gasteiger partial charge on any atom is -0.243 e. The van der Waals surface area contributed by atoms with Crippen LogP contribution in [-0.4, -0.2) is 12.3 Å². The van der Waals surface area contributed by atoms with Gasteiger partial charge in [0.1, 0.15) is 6.10 Å². The molecular weight excluding hydrogens is 212 g/mol. The molecule has 2 rings (SSSR count). The predicted octanol–water partition coefficient (Wildman–Crippen LogP) is 3.25. The van der Waals surface area contributed by atoms with Crippen molar-refractivity contribution < 1.29 is 4.84 Å². The van der Waals surface area contributed by atoms with E-state index in [-0.39, 0.29) is 6.10 Å². The van der Waals surface area contributed by atoms with E-state index in [1.54, 1.807) is 0 Å². The smallest absolute Gasteiger partial charge is 0.125 e. The predicted molar refractivity (Wildman–Crippen MR) is 62.2 cm³/mol. The lowest BCUT2D eigenvalue weighted by molar-refractivity contribution is 0.0924. The van der Waals surface area contributed by atoms with Gasteiger partial charge in [0.05, 0.1) is 11.9 Å². The van der Waals surface area contributed by atoms with E-state index in [9.17, 15) is 0 Å². The van der Waals surface area contributed by atoms with E-state index >= 15 is 0 Å². The first-order valence-corrected chi connectivity index (χ1v) is 5.44. The van der Waals surface area contributed by atoms with Crippen LogP contribution in [0.1, 0.15) is 19.8 Å². The number of hydrogen-bond donors (Lipinski definition) is 0.